The molecule has 1 aliphatic rings. The van der Waals surface area contributed by atoms with Crippen molar-refractivity contribution in [2.45, 2.75) is 71.4 Å². The van der Waals surface area contributed by atoms with E-state index in [9.17, 15) is 13.6 Å². The van der Waals surface area contributed by atoms with Gasteiger partial charge in [0.05, 0.1) is 16.9 Å². The molecule has 47 heavy (non-hydrogen) atoms. The summed E-state index contributed by atoms with van der Waals surface area (Å²) in [6.07, 6.45) is 5.06. The number of amides is 1. The number of hydrogen-bond donors (Lipinski definition) is 2. The van der Waals surface area contributed by atoms with Crippen molar-refractivity contribution < 1.29 is 13.6 Å². The summed E-state index contributed by atoms with van der Waals surface area (Å²) in [5, 5.41) is 6.61. The number of nitrogens with zero attached hydrogens (tertiary/aromatic N) is 3. The van der Waals surface area contributed by atoms with Crippen LogP contribution in [0.3, 0.4) is 0 Å². The third-order valence-electron chi connectivity index (χ3n) is 9.23. The summed E-state index contributed by atoms with van der Waals surface area (Å²) in [5.41, 5.74) is 5.76. The third kappa shape index (κ3) is 7.99. The molecule has 1 aromatic heterocycles. The monoisotopic (exact) mass is 639 g/mol. The van der Waals surface area contributed by atoms with Gasteiger partial charge in [0.25, 0.3) is 0 Å². The number of aromatic nitrogens is 2. The average Bonchev–Trinajstić information content (AvgIpc) is 3.46. The number of benzene rings is 3. The van der Waals surface area contributed by atoms with Crippen LogP contribution in [0.2, 0.25) is 0 Å². The maximum atomic E-state index is 14.0. The van der Waals surface area contributed by atoms with E-state index in [1.165, 1.54) is 35.5 Å². The van der Waals surface area contributed by atoms with Crippen LogP contribution in [0.25, 0.3) is 11.3 Å². The van der Waals surface area contributed by atoms with Crippen LogP contribution in [0, 0.1) is 11.6 Å². The second kappa shape index (κ2) is 15.5. The Morgan fingerprint density at radius 3 is 2.30 bits per heavy atom. The highest BCUT2D eigenvalue weighted by molar-refractivity contribution is 5.76. The van der Waals surface area contributed by atoms with Crippen LogP contribution in [0.5, 0.6) is 0 Å². The van der Waals surface area contributed by atoms with Gasteiger partial charge >= 0.3 is 0 Å². The van der Waals surface area contributed by atoms with E-state index in [4.69, 9.17) is 4.98 Å². The molecule has 6 nitrogen and oxygen atoms in total. The normalized spacial score (nSPS) is 14.9. The van der Waals surface area contributed by atoms with E-state index < -0.39 is 5.54 Å². The Balaban J connectivity index is 1.27. The van der Waals surface area contributed by atoms with Gasteiger partial charge in [-0.25, -0.2) is 13.8 Å². The van der Waals surface area contributed by atoms with E-state index in [-0.39, 0.29) is 23.5 Å². The molecular formula is C39H47F2N5O. The molecule has 4 aromatic rings. The summed E-state index contributed by atoms with van der Waals surface area (Å²) in [4.78, 5) is 20.0. The van der Waals surface area contributed by atoms with E-state index in [2.05, 4.69) is 53.9 Å². The molecule has 0 fully saturated rings. The molecule has 8 heteroatoms. The van der Waals surface area contributed by atoms with E-state index in [1.807, 2.05) is 42.5 Å². The molecule has 0 spiro atoms. The van der Waals surface area contributed by atoms with Crippen molar-refractivity contribution in [2.24, 2.45) is 0 Å². The topological polar surface area (TPSA) is 62.2 Å². The van der Waals surface area contributed by atoms with Gasteiger partial charge in [-0.1, -0.05) is 55.5 Å². The van der Waals surface area contributed by atoms with Gasteiger partial charge < -0.3 is 20.1 Å². The fraction of sp³-hybridized carbons (Fsp3) is 0.385. The molecular weight excluding hydrogens is 592 g/mol. The molecule has 2 N–H and O–H groups in total. The standard InChI is InChI=1S/C39H47F2N5O/c1-5-33(27-42-23-10-24-43-35(47)22-13-28-11-8-7-9-12-28)46-26-25-45-37(34(6-2)29-14-18-31(40)19-15-29)36(44-38(45)39(46,3)4)30-16-20-32(41)21-17-30/h5,7-9,11-12,14-21,34,42H,6,10,13,22-27H2,1-4H3,(H,43,47). The molecule has 0 saturated carbocycles. The summed E-state index contributed by atoms with van der Waals surface area (Å²) in [7, 11) is 0. The molecule has 0 saturated heterocycles. The highest BCUT2D eigenvalue weighted by atomic mass is 19.1. The van der Waals surface area contributed by atoms with Crippen LogP contribution in [0.4, 0.5) is 8.78 Å². The zero-order chi connectivity index (χ0) is 33.4. The number of allylic oxidation sites excluding steroid dienone is 1. The Kier molecular flexibility index (Phi) is 11.2. The molecule has 2 heterocycles. The Morgan fingerprint density at radius 1 is 0.957 bits per heavy atom. The average molecular weight is 640 g/mol. The van der Waals surface area contributed by atoms with Crippen molar-refractivity contribution >= 4 is 5.91 Å². The van der Waals surface area contributed by atoms with Gasteiger partial charge in [0.15, 0.2) is 0 Å². The molecule has 5 rings (SSSR count). The highest BCUT2D eigenvalue weighted by Crippen LogP contribution is 2.42. The minimum Gasteiger partial charge on any atom is -0.360 e. The number of carbonyl (C=O) groups is 1. The smallest absolute Gasteiger partial charge is 0.220 e. The molecule has 3 aromatic carbocycles. The number of nitrogens with one attached hydrogen (secondary N) is 2. The molecule has 0 bridgehead atoms. The first-order valence-electron chi connectivity index (χ1n) is 16.8. The Morgan fingerprint density at radius 2 is 1.64 bits per heavy atom. The molecule has 1 unspecified atom stereocenters. The molecule has 0 aliphatic carbocycles. The van der Waals surface area contributed by atoms with Crippen molar-refractivity contribution in [3.05, 3.63) is 125 Å². The fourth-order valence-electron chi connectivity index (χ4n) is 6.72. The predicted octanol–water partition coefficient (Wildman–Crippen LogP) is 7.55. The lowest BCUT2D eigenvalue weighted by Gasteiger charge is -2.45. The van der Waals surface area contributed by atoms with Crippen molar-refractivity contribution in [3.63, 3.8) is 0 Å². The largest absolute Gasteiger partial charge is 0.360 e. The summed E-state index contributed by atoms with van der Waals surface area (Å²) in [6.45, 7) is 12.3. The van der Waals surface area contributed by atoms with Gasteiger partial charge in [0.1, 0.15) is 17.5 Å². The zero-order valence-electron chi connectivity index (χ0n) is 28.0. The molecule has 1 aliphatic heterocycles. The summed E-state index contributed by atoms with van der Waals surface area (Å²) >= 11 is 0. The predicted molar refractivity (Wildman–Crippen MR) is 185 cm³/mol. The van der Waals surface area contributed by atoms with Crippen LogP contribution in [-0.4, -0.2) is 46.5 Å². The number of carbonyl (C=O) groups excluding carboxylic acids is 1. The van der Waals surface area contributed by atoms with Gasteiger partial charge in [-0.15, -0.1) is 0 Å². The van der Waals surface area contributed by atoms with Crippen LogP contribution in [0.15, 0.2) is 90.6 Å². The SMILES string of the molecule is CC=C(CNCCCNC(=O)CCc1ccccc1)N1CCn2c(nc(-c3ccc(F)cc3)c2C(CC)c2ccc(F)cc2)C1(C)C. The Labute approximate surface area is 277 Å². The van der Waals surface area contributed by atoms with Gasteiger partial charge in [-0.05, 0) is 94.1 Å². The van der Waals surface area contributed by atoms with Gasteiger partial charge in [-0.2, -0.15) is 0 Å². The van der Waals surface area contributed by atoms with Crippen molar-refractivity contribution in [2.75, 3.05) is 26.2 Å². The maximum Gasteiger partial charge on any atom is 0.220 e. The lowest BCUT2D eigenvalue weighted by atomic mass is 9.89. The van der Waals surface area contributed by atoms with Crippen LogP contribution >= 0.6 is 0 Å². The summed E-state index contributed by atoms with van der Waals surface area (Å²) < 4.78 is 30.2. The molecule has 248 valence electrons. The van der Waals surface area contributed by atoms with Crippen LogP contribution in [0.1, 0.15) is 75.5 Å². The second-order valence-corrected chi connectivity index (χ2v) is 12.7. The van der Waals surface area contributed by atoms with E-state index in [1.54, 1.807) is 12.1 Å². The first kappa shape index (κ1) is 34.0. The molecule has 1 atom stereocenters. The maximum absolute atomic E-state index is 14.0. The Hall–Kier alpha value is -4.30. The zero-order valence-corrected chi connectivity index (χ0v) is 28.0. The highest BCUT2D eigenvalue weighted by Gasteiger charge is 2.41. The number of halogens is 2. The minimum atomic E-state index is -0.428. The number of imidazole rings is 1. The van der Waals surface area contributed by atoms with Gasteiger partial charge in [-0.3, -0.25) is 4.79 Å². The van der Waals surface area contributed by atoms with Crippen molar-refractivity contribution in [3.8, 4) is 11.3 Å². The van der Waals surface area contributed by atoms with Gasteiger partial charge in [0.2, 0.25) is 5.91 Å². The van der Waals surface area contributed by atoms with Crippen LogP contribution < -0.4 is 10.6 Å². The third-order valence-corrected chi connectivity index (χ3v) is 9.23. The van der Waals surface area contributed by atoms with Crippen LogP contribution in [-0.2, 0) is 23.3 Å². The van der Waals surface area contributed by atoms with Crippen molar-refractivity contribution in [1.29, 1.82) is 0 Å². The van der Waals surface area contributed by atoms with E-state index in [0.717, 1.165) is 67.2 Å². The lowest BCUT2D eigenvalue weighted by molar-refractivity contribution is -0.121. The number of hydrogen-bond acceptors (Lipinski definition) is 4. The fourth-order valence-corrected chi connectivity index (χ4v) is 6.72. The van der Waals surface area contributed by atoms with Crippen molar-refractivity contribution in [1.82, 2.24) is 25.1 Å². The summed E-state index contributed by atoms with van der Waals surface area (Å²) in [5.74, 6) is 0.493. The summed E-state index contributed by atoms with van der Waals surface area (Å²) in [6, 6.07) is 23.4. The second-order valence-electron chi connectivity index (χ2n) is 12.7. The minimum absolute atomic E-state index is 0.000868. The molecule has 0 radical (unpaired) electrons. The van der Waals surface area contributed by atoms with E-state index in [0.29, 0.717) is 19.5 Å². The van der Waals surface area contributed by atoms with E-state index >= 15 is 0 Å². The molecule has 1 amide bonds. The number of fused-ring (bicyclic) bond motifs is 1. The quantitative estimate of drug-likeness (QED) is 0.140. The Bertz CT molecular complexity index is 1650. The lowest BCUT2D eigenvalue weighted by Crippen LogP contribution is -2.50. The first-order valence-corrected chi connectivity index (χ1v) is 16.8. The number of rotatable bonds is 14. The first-order chi connectivity index (χ1) is 22.7. The number of aryl methyl sites for hydroxylation is 1. The van der Waals surface area contributed by atoms with Gasteiger partial charge in [0, 0.05) is 49.8 Å².